The SMILES string of the molecule is COc1ccc(NC(=O)C[NH+](C)C[C@@H](C)C#N)cc1. The average Bonchev–Trinajstić information content (AvgIpc) is 2.39. The largest absolute Gasteiger partial charge is 0.497 e. The third-order valence-corrected chi connectivity index (χ3v) is 2.71. The number of amides is 1. The molecule has 1 aromatic carbocycles. The van der Waals surface area contributed by atoms with E-state index in [1.165, 1.54) is 0 Å². The monoisotopic (exact) mass is 262 g/mol. The first-order valence-electron chi connectivity index (χ1n) is 6.20. The summed E-state index contributed by atoms with van der Waals surface area (Å²) in [7, 11) is 3.50. The molecule has 0 spiro atoms. The molecule has 102 valence electrons. The Bertz CT molecular complexity index is 451. The molecule has 5 heteroatoms. The van der Waals surface area contributed by atoms with Crippen LogP contribution in [0.1, 0.15) is 6.92 Å². The second-order valence-corrected chi connectivity index (χ2v) is 4.64. The highest BCUT2D eigenvalue weighted by molar-refractivity contribution is 5.91. The number of hydrogen-bond donors (Lipinski definition) is 2. The molecule has 0 aliphatic heterocycles. The minimum absolute atomic E-state index is 0.0474. The highest BCUT2D eigenvalue weighted by atomic mass is 16.5. The first-order valence-corrected chi connectivity index (χ1v) is 6.20. The van der Waals surface area contributed by atoms with E-state index >= 15 is 0 Å². The molecular formula is C14H20N3O2+. The van der Waals surface area contributed by atoms with Crippen LogP contribution >= 0.6 is 0 Å². The zero-order valence-corrected chi connectivity index (χ0v) is 11.6. The minimum atomic E-state index is -0.0622. The van der Waals surface area contributed by atoms with E-state index in [1.54, 1.807) is 31.4 Å². The lowest BCUT2D eigenvalue weighted by molar-refractivity contribution is -0.873. The minimum Gasteiger partial charge on any atom is -0.497 e. The number of likely N-dealkylation sites (N-methyl/N-ethyl adjacent to an activating group) is 1. The number of nitrogens with one attached hydrogen (secondary N) is 2. The number of hydrogen-bond acceptors (Lipinski definition) is 3. The molecule has 0 radical (unpaired) electrons. The van der Waals surface area contributed by atoms with Gasteiger partial charge >= 0.3 is 0 Å². The van der Waals surface area contributed by atoms with E-state index in [0.29, 0.717) is 13.1 Å². The van der Waals surface area contributed by atoms with Gasteiger partial charge in [0.25, 0.3) is 5.91 Å². The third kappa shape index (κ3) is 5.40. The maximum atomic E-state index is 11.8. The lowest BCUT2D eigenvalue weighted by Crippen LogP contribution is -3.10. The number of methoxy groups -OCH3 is 1. The number of benzene rings is 1. The second-order valence-electron chi connectivity index (χ2n) is 4.64. The van der Waals surface area contributed by atoms with Crippen LogP contribution in [-0.2, 0) is 4.79 Å². The molecule has 0 saturated heterocycles. The van der Waals surface area contributed by atoms with Gasteiger partial charge in [-0.05, 0) is 31.2 Å². The predicted molar refractivity (Wildman–Crippen MR) is 73.0 cm³/mol. The van der Waals surface area contributed by atoms with Crippen molar-refractivity contribution < 1.29 is 14.4 Å². The van der Waals surface area contributed by atoms with Crippen molar-refractivity contribution in [2.45, 2.75) is 6.92 Å². The quantitative estimate of drug-likeness (QED) is 0.775. The Kier molecular flexibility index (Phi) is 5.83. The molecular weight excluding hydrogens is 242 g/mol. The summed E-state index contributed by atoms with van der Waals surface area (Å²) in [4.78, 5) is 12.8. The normalized spacial score (nSPS) is 13.2. The number of carbonyl (C=O) groups excluding carboxylic acids is 1. The number of anilines is 1. The Hall–Kier alpha value is -2.06. The molecule has 0 fully saturated rings. The zero-order valence-electron chi connectivity index (χ0n) is 11.6. The van der Waals surface area contributed by atoms with Gasteiger partial charge in [-0.1, -0.05) is 0 Å². The van der Waals surface area contributed by atoms with Crippen molar-refractivity contribution in [3.8, 4) is 11.8 Å². The van der Waals surface area contributed by atoms with Gasteiger partial charge in [0.1, 0.15) is 5.75 Å². The number of carbonyl (C=O) groups is 1. The van der Waals surface area contributed by atoms with Crippen LogP contribution in [0.4, 0.5) is 5.69 Å². The van der Waals surface area contributed by atoms with Gasteiger partial charge in [0.05, 0.1) is 32.7 Å². The van der Waals surface area contributed by atoms with Crippen LogP contribution in [0.5, 0.6) is 5.75 Å². The van der Waals surface area contributed by atoms with Crippen LogP contribution in [0.15, 0.2) is 24.3 Å². The summed E-state index contributed by atoms with van der Waals surface area (Å²) in [5.74, 6) is 0.644. The summed E-state index contributed by atoms with van der Waals surface area (Å²) < 4.78 is 5.05. The molecule has 2 N–H and O–H groups in total. The molecule has 0 aliphatic rings. The fraction of sp³-hybridized carbons (Fsp3) is 0.429. The average molecular weight is 262 g/mol. The maximum Gasteiger partial charge on any atom is 0.279 e. The summed E-state index contributed by atoms with van der Waals surface area (Å²) in [5, 5.41) is 11.5. The van der Waals surface area contributed by atoms with E-state index in [2.05, 4.69) is 11.4 Å². The molecule has 0 heterocycles. The molecule has 1 aromatic rings. The van der Waals surface area contributed by atoms with Crippen molar-refractivity contribution in [3.63, 3.8) is 0 Å². The van der Waals surface area contributed by atoms with Gasteiger partial charge in [-0.15, -0.1) is 0 Å². The number of quaternary nitrogens is 1. The molecule has 5 nitrogen and oxygen atoms in total. The Morgan fingerprint density at radius 3 is 2.63 bits per heavy atom. The Labute approximate surface area is 113 Å². The van der Waals surface area contributed by atoms with Gasteiger partial charge in [-0.2, -0.15) is 5.26 Å². The van der Waals surface area contributed by atoms with Crippen molar-refractivity contribution >= 4 is 11.6 Å². The molecule has 1 amide bonds. The highest BCUT2D eigenvalue weighted by Gasteiger charge is 2.13. The van der Waals surface area contributed by atoms with Crippen LogP contribution in [0.3, 0.4) is 0 Å². The van der Waals surface area contributed by atoms with Gasteiger partial charge in [-0.25, -0.2) is 0 Å². The van der Waals surface area contributed by atoms with E-state index < -0.39 is 0 Å². The Morgan fingerprint density at radius 2 is 2.11 bits per heavy atom. The number of ether oxygens (including phenoxy) is 1. The van der Waals surface area contributed by atoms with Gasteiger partial charge in [0, 0.05) is 5.69 Å². The zero-order chi connectivity index (χ0) is 14.3. The van der Waals surface area contributed by atoms with Crippen molar-refractivity contribution in [1.82, 2.24) is 0 Å². The first kappa shape index (κ1) is 15.0. The van der Waals surface area contributed by atoms with Gasteiger partial charge in [0.2, 0.25) is 0 Å². The van der Waals surface area contributed by atoms with E-state index in [-0.39, 0.29) is 11.8 Å². The molecule has 0 aromatic heterocycles. The van der Waals surface area contributed by atoms with Crippen LogP contribution in [0.25, 0.3) is 0 Å². The smallest absolute Gasteiger partial charge is 0.279 e. The summed E-state index contributed by atoms with van der Waals surface area (Å²) >= 11 is 0. The highest BCUT2D eigenvalue weighted by Crippen LogP contribution is 2.14. The second kappa shape index (κ2) is 7.39. The maximum absolute atomic E-state index is 11.8. The lowest BCUT2D eigenvalue weighted by Gasteiger charge is -2.14. The van der Waals surface area contributed by atoms with Crippen LogP contribution in [0, 0.1) is 17.2 Å². The number of nitriles is 1. The van der Waals surface area contributed by atoms with Crippen molar-refractivity contribution in [2.24, 2.45) is 5.92 Å². The summed E-state index contributed by atoms with van der Waals surface area (Å²) in [6, 6.07) is 9.35. The lowest BCUT2D eigenvalue weighted by atomic mass is 10.2. The standard InChI is InChI=1S/C14H19N3O2/c1-11(8-15)9-17(2)10-14(18)16-12-4-6-13(19-3)7-5-12/h4-7,11H,9-10H2,1-3H3,(H,16,18)/p+1/t11-/m0/s1. The summed E-state index contributed by atoms with van der Waals surface area (Å²) in [6.07, 6.45) is 0. The van der Waals surface area contributed by atoms with E-state index in [1.807, 2.05) is 14.0 Å². The number of nitrogens with zero attached hydrogens (tertiary/aromatic N) is 1. The van der Waals surface area contributed by atoms with Crippen molar-refractivity contribution in [2.75, 3.05) is 32.6 Å². The molecule has 19 heavy (non-hydrogen) atoms. The molecule has 1 unspecified atom stereocenters. The topological polar surface area (TPSA) is 66.6 Å². The predicted octanol–water partition coefficient (Wildman–Crippen LogP) is 0.308. The van der Waals surface area contributed by atoms with Crippen LogP contribution in [-0.4, -0.2) is 33.2 Å². The first-order chi connectivity index (χ1) is 9.05. The Balaban J connectivity index is 2.44. The van der Waals surface area contributed by atoms with Crippen LogP contribution < -0.4 is 15.0 Å². The van der Waals surface area contributed by atoms with Gasteiger partial charge in [-0.3, -0.25) is 4.79 Å². The van der Waals surface area contributed by atoms with Crippen molar-refractivity contribution in [1.29, 1.82) is 5.26 Å². The van der Waals surface area contributed by atoms with Crippen LogP contribution in [0.2, 0.25) is 0 Å². The summed E-state index contributed by atoms with van der Waals surface area (Å²) in [5.41, 5.74) is 0.743. The van der Waals surface area contributed by atoms with Gasteiger partial charge in [0.15, 0.2) is 6.54 Å². The Morgan fingerprint density at radius 1 is 1.47 bits per heavy atom. The molecule has 0 aliphatic carbocycles. The fourth-order valence-electron chi connectivity index (χ4n) is 1.79. The van der Waals surface area contributed by atoms with Crippen molar-refractivity contribution in [3.05, 3.63) is 24.3 Å². The number of rotatable bonds is 6. The molecule has 1 rings (SSSR count). The molecule has 0 saturated carbocycles. The van der Waals surface area contributed by atoms with E-state index in [0.717, 1.165) is 16.3 Å². The molecule has 0 bridgehead atoms. The third-order valence-electron chi connectivity index (χ3n) is 2.71. The fourth-order valence-corrected chi connectivity index (χ4v) is 1.79. The van der Waals surface area contributed by atoms with E-state index in [4.69, 9.17) is 10.00 Å². The summed E-state index contributed by atoms with van der Waals surface area (Å²) in [6.45, 7) is 2.86. The van der Waals surface area contributed by atoms with Gasteiger partial charge < -0.3 is 15.0 Å². The molecule has 2 atom stereocenters. The van der Waals surface area contributed by atoms with E-state index in [9.17, 15) is 4.79 Å².